The van der Waals surface area contributed by atoms with Crippen LogP contribution >= 0.6 is 0 Å². The lowest BCUT2D eigenvalue weighted by molar-refractivity contribution is 0.0947. The third-order valence-corrected chi connectivity index (χ3v) is 1.89. The zero-order valence-electron chi connectivity index (χ0n) is 7.66. The molecule has 0 aliphatic rings. The van der Waals surface area contributed by atoms with Crippen LogP contribution < -0.4 is 0 Å². The van der Waals surface area contributed by atoms with Gasteiger partial charge in [0.25, 0.3) is 0 Å². The van der Waals surface area contributed by atoms with E-state index in [0.717, 1.165) is 12.8 Å². The lowest BCUT2D eigenvalue weighted by Crippen LogP contribution is -2.00. The Balaban J connectivity index is 2.66. The lowest BCUT2D eigenvalue weighted by atomic mass is 10.1. The molecule has 0 aromatic carbocycles. The number of ether oxygens (including phenoxy) is 1. The summed E-state index contributed by atoms with van der Waals surface area (Å²) in [7, 11) is 1.74. The normalized spacial score (nSPS) is 12.8. The van der Waals surface area contributed by atoms with Crippen LogP contribution in [0.5, 0.6) is 0 Å². The highest BCUT2D eigenvalue weighted by Crippen LogP contribution is 2.20. The topological polar surface area (TPSA) is 22.1 Å². The van der Waals surface area contributed by atoms with Crippen LogP contribution in [0.1, 0.15) is 31.4 Å². The minimum absolute atomic E-state index is 0.212. The van der Waals surface area contributed by atoms with Crippen LogP contribution in [0.4, 0.5) is 0 Å². The smallest absolute Gasteiger partial charge is 0.0835 e. The molecular formula is C10H15NO. The van der Waals surface area contributed by atoms with Crippen molar-refractivity contribution in [2.45, 2.75) is 25.9 Å². The number of hydrogen-bond acceptors (Lipinski definition) is 2. The molecule has 0 fully saturated rings. The Kier molecular flexibility index (Phi) is 3.74. The van der Waals surface area contributed by atoms with Gasteiger partial charge in [-0.25, -0.2) is 0 Å². The van der Waals surface area contributed by atoms with Gasteiger partial charge in [-0.05, 0) is 18.1 Å². The molecule has 0 radical (unpaired) electrons. The molecule has 0 spiro atoms. The maximum absolute atomic E-state index is 5.34. The summed E-state index contributed by atoms with van der Waals surface area (Å²) in [5, 5.41) is 0. The average molecular weight is 165 g/mol. The van der Waals surface area contributed by atoms with Gasteiger partial charge in [-0.15, -0.1) is 0 Å². The van der Waals surface area contributed by atoms with Crippen molar-refractivity contribution < 1.29 is 4.74 Å². The molecule has 1 rings (SSSR count). The van der Waals surface area contributed by atoms with Crippen molar-refractivity contribution in [2.24, 2.45) is 0 Å². The molecule has 0 bridgehead atoms. The van der Waals surface area contributed by atoms with E-state index in [1.165, 1.54) is 5.56 Å². The van der Waals surface area contributed by atoms with Crippen molar-refractivity contribution in [1.82, 2.24) is 4.98 Å². The molecule has 0 saturated heterocycles. The fraction of sp³-hybridized carbons (Fsp3) is 0.500. The number of hydrogen-bond donors (Lipinski definition) is 0. The minimum Gasteiger partial charge on any atom is -0.377 e. The quantitative estimate of drug-likeness (QED) is 0.684. The molecule has 66 valence electrons. The lowest BCUT2D eigenvalue weighted by Gasteiger charge is -2.13. The van der Waals surface area contributed by atoms with Gasteiger partial charge in [0.05, 0.1) is 6.10 Å². The summed E-state index contributed by atoms with van der Waals surface area (Å²) in [5.41, 5.74) is 1.17. The molecule has 1 unspecified atom stereocenters. The summed E-state index contributed by atoms with van der Waals surface area (Å²) in [6, 6.07) is 3.99. The van der Waals surface area contributed by atoms with E-state index in [2.05, 4.69) is 18.0 Å². The number of methoxy groups -OCH3 is 1. The van der Waals surface area contributed by atoms with Gasteiger partial charge < -0.3 is 4.74 Å². The van der Waals surface area contributed by atoms with Crippen LogP contribution in [0, 0.1) is 0 Å². The molecule has 1 aromatic heterocycles. The fourth-order valence-corrected chi connectivity index (χ4v) is 1.25. The highest BCUT2D eigenvalue weighted by molar-refractivity contribution is 5.11. The largest absolute Gasteiger partial charge is 0.377 e. The fourth-order valence-electron chi connectivity index (χ4n) is 1.25. The predicted molar refractivity (Wildman–Crippen MR) is 48.9 cm³/mol. The SMILES string of the molecule is CCCC(OC)c1cccnc1. The van der Waals surface area contributed by atoms with Crippen LogP contribution in [0.25, 0.3) is 0 Å². The molecule has 0 N–H and O–H groups in total. The third-order valence-electron chi connectivity index (χ3n) is 1.89. The van der Waals surface area contributed by atoms with Gasteiger partial charge in [-0.2, -0.15) is 0 Å². The standard InChI is InChI=1S/C10H15NO/c1-3-5-10(12-2)9-6-4-7-11-8-9/h4,6-8,10H,3,5H2,1-2H3. The molecule has 0 aliphatic heterocycles. The Morgan fingerprint density at radius 3 is 2.92 bits per heavy atom. The Morgan fingerprint density at radius 1 is 1.58 bits per heavy atom. The first kappa shape index (κ1) is 9.20. The first-order valence-electron chi connectivity index (χ1n) is 4.31. The number of pyridine rings is 1. The maximum Gasteiger partial charge on any atom is 0.0835 e. The van der Waals surface area contributed by atoms with Crippen molar-refractivity contribution in [2.75, 3.05) is 7.11 Å². The zero-order valence-corrected chi connectivity index (χ0v) is 7.66. The monoisotopic (exact) mass is 165 g/mol. The maximum atomic E-state index is 5.34. The van der Waals surface area contributed by atoms with Gasteiger partial charge in [0.2, 0.25) is 0 Å². The first-order chi connectivity index (χ1) is 5.88. The van der Waals surface area contributed by atoms with Gasteiger partial charge in [0.1, 0.15) is 0 Å². The van der Waals surface area contributed by atoms with Crippen LogP contribution in [0.3, 0.4) is 0 Å². The van der Waals surface area contributed by atoms with Crippen LogP contribution in [-0.2, 0) is 4.74 Å². The van der Waals surface area contributed by atoms with E-state index in [9.17, 15) is 0 Å². The summed E-state index contributed by atoms with van der Waals surface area (Å²) >= 11 is 0. The third kappa shape index (κ3) is 2.31. The number of aromatic nitrogens is 1. The molecule has 2 heteroatoms. The average Bonchev–Trinajstić information content (AvgIpc) is 2.15. The molecular weight excluding hydrogens is 150 g/mol. The summed E-state index contributed by atoms with van der Waals surface area (Å²) < 4.78 is 5.34. The Morgan fingerprint density at radius 2 is 2.42 bits per heavy atom. The minimum atomic E-state index is 0.212. The molecule has 1 atom stereocenters. The molecule has 0 saturated carbocycles. The van der Waals surface area contributed by atoms with E-state index in [1.807, 2.05) is 12.3 Å². The van der Waals surface area contributed by atoms with Crippen molar-refractivity contribution in [3.8, 4) is 0 Å². The van der Waals surface area contributed by atoms with Gasteiger partial charge in [-0.1, -0.05) is 19.4 Å². The van der Waals surface area contributed by atoms with Gasteiger partial charge >= 0.3 is 0 Å². The van der Waals surface area contributed by atoms with Crippen molar-refractivity contribution >= 4 is 0 Å². The summed E-state index contributed by atoms with van der Waals surface area (Å²) in [6.45, 7) is 2.16. The zero-order chi connectivity index (χ0) is 8.81. The Bertz CT molecular complexity index is 210. The van der Waals surface area contributed by atoms with Gasteiger partial charge in [-0.3, -0.25) is 4.98 Å². The molecule has 1 heterocycles. The summed E-state index contributed by atoms with van der Waals surface area (Å²) in [4.78, 5) is 4.06. The molecule has 1 aromatic rings. The second-order valence-corrected chi connectivity index (χ2v) is 2.80. The predicted octanol–water partition coefficient (Wildman–Crippen LogP) is 2.57. The molecule has 2 nitrogen and oxygen atoms in total. The molecule has 12 heavy (non-hydrogen) atoms. The van der Waals surface area contributed by atoms with E-state index < -0.39 is 0 Å². The van der Waals surface area contributed by atoms with Crippen molar-refractivity contribution in [3.05, 3.63) is 30.1 Å². The van der Waals surface area contributed by atoms with Gasteiger partial charge in [0.15, 0.2) is 0 Å². The number of rotatable bonds is 4. The Hall–Kier alpha value is -0.890. The van der Waals surface area contributed by atoms with E-state index >= 15 is 0 Å². The Labute approximate surface area is 73.6 Å². The highest BCUT2D eigenvalue weighted by atomic mass is 16.5. The van der Waals surface area contributed by atoms with Crippen molar-refractivity contribution in [1.29, 1.82) is 0 Å². The van der Waals surface area contributed by atoms with Crippen LogP contribution in [0.2, 0.25) is 0 Å². The number of nitrogens with zero attached hydrogens (tertiary/aromatic N) is 1. The highest BCUT2D eigenvalue weighted by Gasteiger charge is 2.07. The first-order valence-corrected chi connectivity index (χ1v) is 4.31. The molecule has 0 aliphatic carbocycles. The van der Waals surface area contributed by atoms with Crippen LogP contribution in [-0.4, -0.2) is 12.1 Å². The second kappa shape index (κ2) is 4.88. The molecule has 0 amide bonds. The summed E-state index contributed by atoms with van der Waals surface area (Å²) in [5.74, 6) is 0. The van der Waals surface area contributed by atoms with E-state index in [4.69, 9.17) is 4.74 Å². The van der Waals surface area contributed by atoms with E-state index in [1.54, 1.807) is 13.3 Å². The van der Waals surface area contributed by atoms with Crippen LogP contribution in [0.15, 0.2) is 24.5 Å². The van der Waals surface area contributed by atoms with E-state index in [-0.39, 0.29) is 6.10 Å². The van der Waals surface area contributed by atoms with E-state index in [0.29, 0.717) is 0 Å². The summed E-state index contributed by atoms with van der Waals surface area (Å²) in [6.07, 6.45) is 6.05. The van der Waals surface area contributed by atoms with Crippen molar-refractivity contribution in [3.63, 3.8) is 0 Å². The van der Waals surface area contributed by atoms with Gasteiger partial charge in [0, 0.05) is 19.5 Å². The second-order valence-electron chi connectivity index (χ2n) is 2.80.